The van der Waals surface area contributed by atoms with Crippen LogP contribution in [0.4, 0.5) is 5.69 Å². The van der Waals surface area contributed by atoms with E-state index < -0.39 is 0 Å². The fourth-order valence-corrected chi connectivity index (χ4v) is 1.48. The van der Waals surface area contributed by atoms with Gasteiger partial charge in [-0.1, -0.05) is 17.7 Å². The quantitative estimate of drug-likeness (QED) is 0.670. The van der Waals surface area contributed by atoms with Crippen molar-refractivity contribution in [2.45, 2.75) is 33.7 Å². The van der Waals surface area contributed by atoms with Crippen LogP contribution in [0.25, 0.3) is 0 Å². The Morgan fingerprint density at radius 3 is 2.23 bits per heavy atom. The molecule has 1 rings (SSSR count). The van der Waals surface area contributed by atoms with Crippen molar-refractivity contribution >= 4 is 5.69 Å². The zero-order valence-corrected chi connectivity index (χ0v) is 9.26. The Hall–Kier alpha value is -0.980. The second-order valence-electron chi connectivity index (χ2n) is 3.99. The molecule has 0 amide bonds. The van der Waals surface area contributed by atoms with Crippen molar-refractivity contribution < 1.29 is 0 Å². The summed E-state index contributed by atoms with van der Waals surface area (Å²) in [6.07, 6.45) is 0. The van der Waals surface area contributed by atoms with Crippen molar-refractivity contribution in [3.05, 3.63) is 29.3 Å². The first kappa shape index (κ1) is 10.1. The van der Waals surface area contributed by atoms with Crippen LogP contribution in [-0.2, 0) is 0 Å². The third kappa shape index (κ3) is 2.24. The molecule has 1 nitrogen and oxygen atoms in total. The molecule has 13 heavy (non-hydrogen) atoms. The van der Waals surface area contributed by atoms with E-state index in [-0.39, 0.29) is 0 Å². The number of nitrogens with zero attached hydrogens (tertiary/aromatic N) is 1. The van der Waals surface area contributed by atoms with E-state index in [0.717, 1.165) is 0 Å². The van der Waals surface area contributed by atoms with Gasteiger partial charge in [0.05, 0.1) is 0 Å². The molecule has 0 aliphatic rings. The van der Waals surface area contributed by atoms with Gasteiger partial charge in [0, 0.05) is 18.8 Å². The first-order valence-electron chi connectivity index (χ1n) is 4.82. The molecule has 0 radical (unpaired) electrons. The maximum Gasteiger partial charge on any atom is 0.0395 e. The molecule has 0 fully saturated rings. The molecule has 72 valence electrons. The van der Waals surface area contributed by atoms with E-state index in [9.17, 15) is 0 Å². The smallest absolute Gasteiger partial charge is 0.0395 e. The number of aryl methyl sites for hydroxylation is 2. The van der Waals surface area contributed by atoms with Crippen LogP contribution in [0.15, 0.2) is 18.2 Å². The Morgan fingerprint density at radius 2 is 1.77 bits per heavy atom. The van der Waals surface area contributed by atoms with Gasteiger partial charge in [-0.15, -0.1) is 0 Å². The topological polar surface area (TPSA) is 3.24 Å². The highest BCUT2D eigenvalue weighted by atomic mass is 15.1. The summed E-state index contributed by atoms with van der Waals surface area (Å²) in [6, 6.07) is 7.15. The zero-order chi connectivity index (χ0) is 10.0. The lowest BCUT2D eigenvalue weighted by Crippen LogP contribution is -2.26. The second kappa shape index (κ2) is 3.82. The van der Waals surface area contributed by atoms with Gasteiger partial charge in [0.1, 0.15) is 0 Å². The highest BCUT2D eigenvalue weighted by Crippen LogP contribution is 2.21. The third-order valence-corrected chi connectivity index (χ3v) is 2.51. The molecule has 0 bridgehead atoms. The average Bonchev–Trinajstić information content (AvgIpc) is 2.03. The number of hydrogen-bond acceptors (Lipinski definition) is 1. The van der Waals surface area contributed by atoms with Gasteiger partial charge in [-0.2, -0.15) is 0 Å². The van der Waals surface area contributed by atoms with Gasteiger partial charge in [-0.25, -0.2) is 0 Å². The second-order valence-corrected chi connectivity index (χ2v) is 3.99. The van der Waals surface area contributed by atoms with Crippen LogP contribution in [0.2, 0.25) is 0 Å². The van der Waals surface area contributed by atoms with Gasteiger partial charge < -0.3 is 4.90 Å². The van der Waals surface area contributed by atoms with Crippen molar-refractivity contribution in [3.63, 3.8) is 0 Å². The Bertz CT molecular complexity index is 289. The van der Waals surface area contributed by atoms with Crippen molar-refractivity contribution in [3.8, 4) is 0 Å². The molecule has 1 aromatic rings. The molecule has 0 saturated heterocycles. The number of hydrogen-bond donors (Lipinski definition) is 0. The molecule has 0 aromatic heterocycles. The van der Waals surface area contributed by atoms with Crippen molar-refractivity contribution in [2.24, 2.45) is 0 Å². The standard InChI is InChI=1S/C12H19N/c1-9(2)13(5)12-7-6-10(3)8-11(12)4/h6-9H,1-5H3. The van der Waals surface area contributed by atoms with Crippen molar-refractivity contribution in [1.29, 1.82) is 0 Å². The normalized spacial score (nSPS) is 10.6. The fraction of sp³-hybridized carbons (Fsp3) is 0.500. The molecule has 0 atom stereocenters. The molecule has 0 saturated carbocycles. The van der Waals surface area contributed by atoms with E-state index >= 15 is 0 Å². The van der Waals surface area contributed by atoms with E-state index in [1.54, 1.807) is 0 Å². The minimum Gasteiger partial charge on any atom is -0.372 e. The molecule has 1 aromatic carbocycles. The zero-order valence-electron chi connectivity index (χ0n) is 9.26. The van der Waals surface area contributed by atoms with E-state index in [2.05, 4.69) is 57.8 Å². The summed E-state index contributed by atoms with van der Waals surface area (Å²) >= 11 is 0. The predicted octanol–water partition coefficient (Wildman–Crippen LogP) is 3.15. The van der Waals surface area contributed by atoms with Crippen LogP contribution in [0.1, 0.15) is 25.0 Å². The third-order valence-electron chi connectivity index (χ3n) is 2.51. The van der Waals surface area contributed by atoms with Gasteiger partial charge in [0.25, 0.3) is 0 Å². The van der Waals surface area contributed by atoms with Gasteiger partial charge in [-0.3, -0.25) is 0 Å². The van der Waals surface area contributed by atoms with E-state index in [4.69, 9.17) is 0 Å². The summed E-state index contributed by atoms with van der Waals surface area (Å²) in [5.74, 6) is 0. The van der Waals surface area contributed by atoms with E-state index in [1.807, 2.05) is 0 Å². The molecule has 0 N–H and O–H groups in total. The lowest BCUT2D eigenvalue weighted by atomic mass is 10.1. The van der Waals surface area contributed by atoms with Crippen LogP contribution in [0.5, 0.6) is 0 Å². The Morgan fingerprint density at radius 1 is 1.15 bits per heavy atom. The maximum atomic E-state index is 2.30. The number of anilines is 1. The van der Waals surface area contributed by atoms with Crippen LogP contribution in [-0.4, -0.2) is 13.1 Å². The monoisotopic (exact) mass is 177 g/mol. The molecule has 1 heteroatoms. The summed E-state index contributed by atoms with van der Waals surface area (Å²) in [7, 11) is 2.14. The molecule has 0 aliphatic carbocycles. The molecule has 0 aliphatic heterocycles. The van der Waals surface area contributed by atoms with Crippen LogP contribution >= 0.6 is 0 Å². The van der Waals surface area contributed by atoms with Gasteiger partial charge >= 0.3 is 0 Å². The Balaban J connectivity index is 3.01. The Labute approximate surface area is 81.4 Å². The predicted molar refractivity (Wildman–Crippen MR) is 59.5 cm³/mol. The molecular formula is C12H19N. The maximum absolute atomic E-state index is 2.30. The lowest BCUT2D eigenvalue weighted by molar-refractivity contribution is 0.752. The summed E-state index contributed by atoms with van der Waals surface area (Å²) in [5.41, 5.74) is 4.02. The highest BCUT2D eigenvalue weighted by molar-refractivity contribution is 5.54. The van der Waals surface area contributed by atoms with Crippen LogP contribution in [0, 0.1) is 13.8 Å². The molecular weight excluding hydrogens is 158 g/mol. The minimum absolute atomic E-state index is 0.557. The van der Waals surface area contributed by atoms with Gasteiger partial charge in [0.2, 0.25) is 0 Å². The van der Waals surface area contributed by atoms with Crippen LogP contribution < -0.4 is 4.90 Å². The Kier molecular flexibility index (Phi) is 2.97. The van der Waals surface area contributed by atoms with Gasteiger partial charge in [0.15, 0.2) is 0 Å². The van der Waals surface area contributed by atoms with Crippen molar-refractivity contribution in [2.75, 3.05) is 11.9 Å². The summed E-state index contributed by atoms with van der Waals surface area (Å²) in [4.78, 5) is 2.30. The number of rotatable bonds is 2. The number of benzene rings is 1. The molecule has 0 unspecified atom stereocenters. The summed E-state index contributed by atoms with van der Waals surface area (Å²) in [6.45, 7) is 8.71. The minimum atomic E-state index is 0.557. The lowest BCUT2D eigenvalue weighted by Gasteiger charge is -2.25. The summed E-state index contributed by atoms with van der Waals surface area (Å²) < 4.78 is 0. The molecule has 0 spiro atoms. The van der Waals surface area contributed by atoms with Crippen LogP contribution in [0.3, 0.4) is 0 Å². The first-order chi connectivity index (χ1) is 6.02. The largest absolute Gasteiger partial charge is 0.372 e. The van der Waals surface area contributed by atoms with Gasteiger partial charge in [-0.05, 0) is 39.3 Å². The molecule has 0 heterocycles. The van der Waals surface area contributed by atoms with E-state index in [1.165, 1.54) is 16.8 Å². The SMILES string of the molecule is Cc1ccc(N(C)C(C)C)c(C)c1. The average molecular weight is 177 g/mol. The first-order valence-corrected chi connectivity index (χ1v) is 4.82. The summed E-state index contributed by atoms with van der Waals surface area (Å²) in [5, 5.41) is 0. The fourth-order valence-electron chi connectivity index (χ4n) is 1.48. The van der Waals surface area contributed by atoms with Crippen molar-refractivity contribution in [1.82, 2.24) is 0 Å². The highest BCUT2D eigenvalue weighted by Gasteiger charge is 2.06. The van der Waals surface area contributed by atoms with E-state index in [0.29, 0.717) is 6.04 Å².